The quantitative estimate of drug-likeness (QED) is 0.532. The summed E-state index contributed by atoms with van der Waals surface area (Å²) >= 11 is 0. The first-order valence-electron chi connectivity index (χ1n) is 5.08. The third kappa shape index (κ3) is 5.07. The number of rotatable bonds is 6. The molecule has 1 N–H and O–H groups in total. The van der Waals surface area contributed by atoms with Gasteiger partial charge in [-0.1, -0.05) is 20.3 Å². The Labute approximate surface area is 86.0 Å². The number of carbonyl (C=O) groups excluding carboxylic acids is 1. The lowest BCUT2D eigenvalue weighted by atomic mass is 10.2. The molecule has 1 amide bonds. The maximum Gasteiger partial charge on any atom is 0.409 e. The van der Waals surface area contributed by atoms with Gasteiger partial charge >= 0.3 is 6.09 Å². The minimum Gasteiger partial charge on any atom is -0.453 e. The molecule has 0 aromatic carbocycles. The SMILES string of the molecule is CCCCOC(C)(CC)NC(=O)OC. The van der Waals surface area contributed by atoms with Crippen molar-refractivity contribution in [2.75, 3.05) is 13.7 Å². The van der Waals surface area contributed by atoms with Gasteiger partial charge in [0.25, 0.3) is 0 Å². The number of amides is 1. The molecule has 1 unspecified atom stereocenters. The average molecular weight is 203 g/mol. The largest absolute Gasteiger partial charge is 0.453 e. The van der Waals surface area contributed by atoms with Crippen molar-refractivity contribution >= 4 is 6.09 Å². The van der Waals surface area contributed by atoms with E-state index in [1.54, 1.807) is 0 Å². The number of hydrogen-bond donors (Lipinski definition) is 1. The van der Waals surface area contributed by atoms with Gasteiger partial charge in [-0.05, 0) is 19.8 Å². The summed E-state index contributed by atoms with van der Waals surface area (Å²) < 4.78 is 10.1. The van der Waals surface area contributed by atoms with Gasteiger partial charge in [0.1, 0.15) is 5.72 Å². The molecule has 0 aromatic rings. The topological polar surface area (TPSA) is 47.6 Å². The van der Waals surface area contributed by atoms with E-state index in [1.807, 2.05) is 13.8 Å². The molecule has 14 heavy (non-hydrogen) atoms. The van der Waals surface area contributed by atoms with Crippen molar-refractivity contribution < 1.29 is 14.3 Å². The summed E-state index contributed by atoms with van der Waals surface area (Å²) in [5, 5.41) is 2.67. The first-order valence-corrected chi connectivity index (χ1v) is 5.08. The zero-order valence-electron chi connectivity index (χ0n) is 9.55. The van der Waals surface area contributed by atoms with Crippen molar-refractivity contribution in [3.63, 3.8) is 0 Å². The highest BCUT2D eigenvalue weighted by Gasteiger charge is 2.24. The van der Waals surface area contributed by atoms with E-state index >= 15 is 0 Å². The van der Waals surface area contributed by atoms with Gasteiger partial charge in [0, 0.05) is 6.61 Å². The molecular formula is C10H21NO3. The average Bonchev–Trinajstić information content (AvgIpc) is 2.18. The smallest absolute Gasteiger partial charge is 0.409 e. The van der Waals surface area contributed by atoms with Crippen LogP contribution in [-0.2, 0) is 9.47 Å². The summed E-state index contributed by atoms with van der Waals surface area (Å²) in [5.74, 6) is 0. The van der Waals surface area contributed by atoms with Crippen molar-refractivity contribution in [2.45, 2.75) is 45.8 Å². The van der Waals surface area contributed by atoms with Crippen LogP contribution in [0.4, 0.5) is 4.79 Å². The fraction of sp³-hybridized carbons (Fsp3) is 0.900. The molecule has 0 heterocycles. The normalized spacial score (nSPS) is 14.6. The zero-order chi connectivity index (χ0) is 11.0. The van der Waals surface area contributed by atoms with E-state index in [0.717, 1.165) is 12.8 Å². The number of nitrogens with one attached hydrogen (secondary N) is 1. The van der Waals surface area contributed by atoms with Crippen LogP contribution in [0.15, 0.2) is 0 Å². The van der Waals surface area contributed by atoms with Gasteiger partial charge in [-0.15, -0.1) is 0 Å². The molecule has 4 heteroatoms. The first-order chi connectivity index (χ1) is 6.58. The lowest BCUT2D eigenvalue weighted by Crippen LogP contribution is -2.47. The van der Waals surface area contributed by atoms with Gasteiger partial charge in [-0.2, -0.15) is 0 Å². The number of alkyl carbamates (subject to hydrolysis) is 1. The standard InChI is InChI=1S/C10H21NO3/c1-5-7-8-14-10(3,6-2)11-9(12)13-4/h5-8H2,1-4H3,(H,11,12). The van der Waals surface area contributed by atoms with Crippen LogP contribution in [0.25, 0.3) is 0 Å². The summed E-state index contributed by atoms with van der Waals surface area (Å²) in [6, 6.07) is 0. The Kier molecular flexibility index (Phi) is 6.28. The van der Waals surface area contributed by atoms with Crippen LogP contribution >= 0.6 is 0 Å². The van der Waals surface area contributed by atoms with Gasteiger partial charge in [0.2, 0.25) is 0 Å². The van der Waals surface area contributed by atoms with E-state index in [1.165, 1.54) is 7.11 Å². The zero-order valence-corrected chi connectivity index (χ0v) is 9.55. The minimum absolute atomic E-state index is 0.453. The predicted octanol–water partition coefficient (Wildman–Crippen LogP) is 2.29. The van der Waals surface area contributed by atoms with Gasteiger partial charge in [-0.3, -0.25) is 5.32 Å². The van der Waals surface area contributed by atoms with Crippen LogP contribution in [0.5, 0.6) is 0 Å². The fourth-order valence-electron chi connectivity index (χ4n) is 0.935. The van der Waals surface area contributed by atoms with Gasteiger partial charge in [0.15, 0.2) is 0 Å². The van der Waals surface area contributed by atoms with Crippen molar-refractivity contribution in [2.24, 2.45) is 0 Å². The molecule has 0 bridgehead atoms. The molecule has 0 saturated carbocycles. The van der Waals surface area contributed by atoms with Crippen LogP contribution in [0.2, 0.25) is 0 Å². The van der Waals surface area contributed by atoms with Gasteiger partial charge in [0.05, 0.1) is 7.11 Å². The Morgan fingerprint density at radius 1 is 1.43 bits per heavy atom. The fourth-order valence-corrected chi connectivity index (χ4v) is 0.935. The molecule has 0 aromatic heterocycles. The molecule has 0 aliphatic rings. The maximum atomic E-state index is 11.0. The van der Waals surface area contributed by atoms with Crippen molar-refractivity contribution in [1.82, 2.24) is 5.32 Å². The van der Waals surface area contributed by atoms with Crippen LogP contribution in [-0.4, -0.2) is 25.5 Å². The lowest BCUT2D eigenvalue weighted by Gasteiger charge is -2.29. The first kappa shape index (κ1) is 13.2. The number of methoxy groups -OCH3 is 1. The molecule has 0 saturated heterocycles. The maximum absolute atomic E-state index is 11.0. The molecule has 0 spiro atoms. The van der Waals surface area contributed by atoms with Crippen LogP contribution < -0.4 is 5.32 Å². The van der Waals surface area contributed by atoms with E-state index in [4.69, 9.17) is 4.74 Å². The molecule has 0 fully saturated rings. The Bertz CT molecular complexity index is 173. The number of carbonyl (C=O) groups is 1. The van der Waals surface area contributed by atoms with E-state index in [2.05, 4.69) is 17.0 Å². The molecule has 0 aliphatic heterocycles. The highest BCUT2D eigenvalue weighted by atomic mass is 16.6. The van der Waals surface area contributed by atoms with Crippen LogP contribution in [0.3, 0.4) is 0 Å². The van der Waals surface area contributed by atoms with E-state index in [-0.39, 0.29) is 0 Å². The molecule has 4 nitrogen and oxygen atoms in total. The van der Waals surface area contributed by atoms with Crippen molar-refractivity contribution in [3.05, 3.63) is 0 Å². The third-order valence-corrected chi connectivity index (χ3v) is 2.15. The summed E-state index contributed by atoms with van der Waals surface area (Å²) in [7, 11) is 1.34. The van der Waals surface area contributed by atoms with E-state index < -0.39 is 11.8 Å². The Balaban J connectivity index is 3.97. The Hall–Kier alpha value is -0.770. The summed E-state index contributed by atoms with van der Waals surface area (Å²) in [4.78, 5) is 11.0. The number of ether oxygens (including phenoxy) is 2. The van der Waals surface area contributed by atoms with E-state index in [9.17, 15) is 4.79 Å². The Morgan fingerprint density at radius 3 is 2.50 bits per heavy atom. The van der Waals surface area contributed by atoms with Crippen molar-refractivity contribution in [3.8, 4) is 0 Å². The van der Waals surface area contributed by atoms with E-state index in [0.29, 0.717) is 13.0 Å². The summed E-state index contributed by atoms with van der Waals surface area (Å²) in [6.45, 7) is 6.56. The Morgan fingerprint density at radius 2 is 2.07 bits per heavy atom. The molecule has 0 radical (unpaired) electrons. The lowest BCUT2D eigenvalue weighted by molar-refractivity contribution is -0.0565. The second kappa shape index (κ2) is 6.65. The van der Waals surface area contributed by atoms with Crippen molar-refractivity contribution in [1.29, 1.82) is 0 Å². The van der Waals surface area contributed by atoms with Crippen LogP contribution in [0, 0.1) is 0 Å². The second-order valence-corrected chi connectivity index (χ2v) is 3.40. The summed E-state index contributed by atoms with van der Waals surface area (Å²) in [6.07, 6.45) is 2.34. The summed E-state index contributed by atoms with van der Waals surface area (Å²) in [5.41, 5.74) is -0.609. The number of unbranched alkanes of at least 4 members (excludes halogenated alkanes) is 1. The van der Waals surface area contributed by atoms with Gasteiger partial charge < -0.3 is 9.47 Å². The molecule has 1 atom stereocenters. The highest BCUT2D eigenvalue weighted by molar-refractivity contribution is 5.67. The third-order valence-electron chi connectivity index (χ3n) is 2.15. The predicted molar refractivity (Wildman–Crippen MR) is 55.1 cm³/mol. The molecular weight excluding hydrogens is 182 g/mol. The molecule has 0 aliphatic carbocycles. The highest BCUT2D eigenvalue weighted by Crippen LogP contribution is 2.12. The molecule has 84 valence electrons. The van der Waals surface area contributed by atoms with Gasteiger partial charge in [-0.25, -0.2) is 4.79 Å². The second-order valence-electron chi connectivity index (χ2n) is 3.40. The monoisotopic (exact) mass is 203 g/mol. The number of hydrogen-bond acceptors (Lipinski definition) is 3. The van der Waals surface area contributed by atoms with Crippen LogP contribution in [0.1, 0.15) is 40.0 Å². The molecule has 0 rings (SSSR count). The minimum atomic E-state index is -0.609.